The quantitative estimate of drug-likeness (QED) is 0.386. The van der Waals surface area contributed by atoms with Crippen molar-refractivity contribution < 1.29 is 18.7 Å². The number of hydrogen-bond acceptors (Lipinski definition) is 6. The van der Waals surface area contributed by atoms with E-state index in [9.17, 15) is 14.3 Å². The molecule has 0 amide bonds. The predicted molar refractivity (Wildman–Crippen MR) is 116 cm³/mol. The number of pyridine rings is 1. The Bertz CT molecular complexity index is 1360. The Kier molecular flexibility index (Phi) is 5.03. The minimum atomic E-state index is -1.02. The zero-order valence-electron chi connectivity index (χ0n) is 17.9. The molecule has 1 fully saturated rings. The smallest absolute Gasteiger partial charge is 0.308 e. The fraction of sp³-hybridized carbons (Fsp3) is 0.318. The number of aromatic nitrogens is 6. The highest BCUT2D eigenvalue weighted by atomic mass is 19.1. The van der Waals surface area contributed by atoms with E-state index in [0.29, 0.717) is 28.2 Å². The molecule has 2 atom stereocenters. The summed E-state index contributed by atoms with van der Waals surface area (Å²) in [5, 5.41) is 17.0. The SMILES string of the molecule is C[C@H](Nc1nc(-c2c[nH]c3ncc(F)cc23)nc(-c2cnn(C3CC3)c2)c1F)[C@H](C)C(=O)O. The molecule has 1 saturated carbocycles. The van der Waals surface area contributed by atoms with Gasteiger partial charge in [-0.2, -0.15) is 5.10 Å². The normalized spacial score (nSPS) is 15.5. The van der Waals surface area contributed by atoms with Gasteiger partial charge < -0.3 is 15.4 Å². The van der Waals surface area contributed by atoms with Crippen LogP contribution in [0.3, 0.4) is 0 Å². The van der Waals surface area contributed by atoms with Crippen molar-refractivity contribution in [1.82, 2.24) is 29.7 Å². The highest BCUT2D eigenvalue weighted by Crippen LogP contribution is 2.36. The molecule has 0 saturated heterocycles. The molecule has 1 aliphatic rings. The summed E-state index contributed by atoms with van der Waals surface area (Å²) in [6.45, 7) is 3.16. The van der Waals surface area contributed by atoms with Crippen LogP contribution in [0, 0.1) is 17.6 Å². The Balaban J connectivity index is 1.64. The van der Waals surface area contributed by atoms with E-state index in [0.717, 1.165) is 19.0 Å². The molecule has 3 N–H and O–H groups in total. The lowest BCUT2D eigenvalue weighted by atomic mass is 10.0. The van der Waals surface area contributed by atoms with E-state index >= 15 is 4.39 Å². The Labute approximate surface area is 186 Å². The maximum Gasteiger partial charge on any atom is 0.308 e. The van der Waals surface area contributed by atoms with Crippen LogP contribution in [-0.2, 0) is 4.79 Å². The van der Waals surface area contributed by atoms with Crippen molar-refractivity contribution in [3.05, 3.63) is 42.5 Å². The fourth-order valence-corrected chi connectivity index (χ4v) is 3.57. The Morgan fingerprint density at radius 1 is 1.27 bits per heavy atom. The predicted octanol–water partition coefficient (Wildman–Crippen LogP) is 4.02. The van der Waals surface area contributed by atoms with Gasteiger partial charge in [0.05, 0.1) is 24.4 Å². The third-order valence-corrected chi connectivity index (χ3v) is 5.89. The first kappa shape index (κ1) is 21.0. The molecule has 0 spiro atoms. The number of fused-ring (bicyclic) bond motifs is 1. The second-order valence-corrected chi connectivity index (χ2v) is 8.31. The van der Waals surface area contributed by atoms with Crippen LogP contribution in [0.25, 0.3) is 33.7 Å². The van der Waals surface area contributed by atoms with Crippen molar-refractivity contribution in [3.8, 4) is 22.6 Å². The topological polar surface area (TPSA) is 122 Å². The standard InChI is InChI=1S/C22H21F2N7O2/c1-10(22(32)33)11(2)28-21-17(24)18(12-6-27-31(9-12)14-3-4-14)29-20(30-21)16-8-26-19-15(16)5-13(23)7-25-19/h5-11,14H,3-4H2,1-2H3,(H,25,26)(H,32,33)(H,28,29,30)/t10-,11-/m0/s1. The lowest BCUT2D eigenvalue weighted by Gasteiger charge is -2.19. The van der Waals surface area contributed by atoms with Gasteiger partial charge in [0, 0.05) is 34.9 Å². The minimum Gasteiger partial charge on any atom is -0.481 e. The van der Waals surface area contributed by atoms with E-state index in [2.05, 4.69) is 30.4 Å². The molecule has 33 heavy (non-hydrogen) atoms. The Morgan fingerprint density at radius 2 is 2.06 bits per heavy atom. The van der Waals surface area contributed by atoms with Crippen LogP contribution in [0.2, 0.25) is 0 Å². The number of rotatable bonds is 7. The summed E-state index contributed by atoms with van der Waals surface area (Å²) in [4.78, 5) is 27.1. The number of hydrogen-bond donors (Lipinski definition) is 3. The maximum absolute atomic E-state index is 15.6. The first-order valence-electron chi connectivity index (χ1n) is 10.6. The van der Waals surface area contributed by atoms with E-state index in [1.54, 1.807) is 24.0 Å². The summed E-state index contributed by atoms with van der Waals surface area (Å²) < 4.78 is 31.2. The molecule has 0 radical (unpaired) electrons. The van der Waals surface area contributed by atoms with Crippen molar-refractivity contribution in [2.24, 2.45) is 5.92 Å². The number of halogens is 2. The summed E-state index contributed by atoms with van der Waals surface area (Å²) in [6.07, 6.45) is 7.98. The van der Waals surface area contributed by atoms with Crippen LogP contribution in [0.1, 0.15) is 32.7 Å². The number of carbonyl (C=O) groups is 1. The molecule has 4 aromatic rings. The first-order valence-corrected chi connectivity index (χ1v) is 10.6. The molecule has 1 aliphatic carbocycles. The molecule has 0 aliphatic heterocycles. The van der Waals surface area contributed by atoms with Crippen LogP contribution in [0.4, 0.5) is 14.6 Å². The van der Waals surface area contributed by atoms with Crippen molar-refractivity contribution in [1.29, 1.82) is 0 Å². The van der Waals surface area contributed by atoms with Gasteiger partial charge in [0.2, 0.25) is 0 Å². The molecule has 11 heteroatoms. The number of aromatic amines is 1. The Morgan fingerprint density at radius 3 is 2.79 bits per heavy atom. The summed E-state index contributed by atoms with van der Waals surface area (Å²) in [6, 6.07) is 0.983. The molecule has 4 heterocycles. The average molecular weight is 453 g/mol. The average Bonchev–Trinajstić information content (AvgIpc) is 3.37. The number of nitrogens with one attached hydrogen (secondary N) is 2. The number of carboxylic acid groups (broad SMARTS) is 1. The summed E-state index contributed by atoms with van der Waals surface area (Å²) in [5.74, 6) is -3.07. The van der Waals surface area contributed by atoms with Crippen LogP contribution in [0.5, 0.6) is 0 Å². The molecular weight excluding hydrogens is 432 g/mol. The first-order chi connectivity index (χ1) is 15.8. The molecule has 0 unspecified atom stereocenters. The largest absolute Gasteiger partial charge is 0.481 e. The van der Waals surface area contributed by atoms with E-state index < -0.39 is 29.6 Å². The van der Waals surface area contributed by atoms with E-state index in [4.69, 9.17) is 0 Å². The number of anilines is 1. The highest BCUT2D eigenvalue weighted by Gasteiger charge is 2.27. The van der Waals surface area contributed by atoms with Crippen LogP contribution < -0.4 is 5.32 Å². The van der Waals surface area contributed by atoms with Gasteiger partial charge in [-0.1, -0.05) is 0 Å². The van der Waals surface area contributed by atoms with E-state index in [1.807, 2.05) is 0 Å². The van der Waals surface area contributed by atoms with Crippen molar-refractivity contribution in [2.45, 2.75) is 38.8 Å². The molecule has 4 aromatic heterocycles. The molecule has 5 rings (SSSR count). The fourth-order valence-electron chi connectivity index (χ4n) is 3.57. The van der Waals surface area contributed by atoms with Gasteiger partial charge >= 0.3 is 5.97 Å². The van der Waals surface area contributed by atoms with Crippen LogP contribution in [0.15, 0.2) is 30.9 Å². The monoisotopic (exact) mass is 453 g/mol. The second kappa shape index (κ2) is 7.91. The van der Waals surface area contributed by atoms with Gasteiger partial charge in [-0.3, -0.25) is 9.48 Å². The summed E-state index contributed by atoms with van der Waals surface area (Å²) in [5.41, 5.74) is 1.36. The number of H-pyrrole nitrogens is 1. The van der Waals surface area contributed by atoms with Gasteiger partial charge in [0.1, 0.15) is 17.2 Å². The lowest BCUT2D eigenvalue weighted by Crippen LogP contribution is -2.30. The summed E-state index contributed by atoms with van der Waals surface area (Å²) in [7, 11) is 0. The summed E-state index contributed by atoms with van der Waals surface area (Å²) >= 11 is 0. The van der Waals surface area contributed by atoms with E-state index in [1.165, 1.54) is 19.2 Å². The molecular formula is C22H21F2N7O2. The van der Waals surface area contributed by atoms with Crippen molar-refractivity contribution in [3.63, 3.8) is 0 Å². The minimum absolute atomic E-state index is 0.0169. The molecule has 170 valence electrons. The van der Waals surface area contributed by atoms with Gasteiger partial charge in [0.15, 0.2) is 17.5 Å². The zero-order valence-corrected chi connectivity index (χ0v) is 17.9. The molecule has 9 nitrogen and oxygen atoms in total. The highest BCUT2D eigenvalue weighted by molar-refractivity contribution is 5.92. The third kappa shape index (κ3) is 3.90. The maximum atomic E-state index is 15.6. The van der Waals surface area contributed by atoms with E-state index in [-0.39, 0.29) is 17.3 Å². The molecule has 0 bridgehead atoms. The third-order valence-electron chi connectivity index (χ3n) is 5.89. The van der Waals surface area contributed by atoms with Gasteiger partial charge in [0.25, 0.3) is 0 Å². The van der Waals surface area contributed by atoms with Crippen LogP contribution in [-0.4, -0.2) is 46.8 Å². The molecule has 0 aromatic carbocycles. The second-order valence-electron chi connectivity index (χ2n) is 8.31. The van der Waals surface area contributed by atoms with Crippen molar-refractivity contribution >= 4 is 22.8 Å². The number of nitrogens with zero attached hydrogens (tertiary/aromatic N) is 5. The lowest BCUT2D eigenvalue weighted by molar-refractivity contribution is -0.141. The number of carboxylic acids is 1. The zero-order chi connectivity index (χ0) is 23.3. The van der Waals surface area contributed by atoms with Gasteiger partial charge in [-0.25, -0.2) is 23.7 Å². The van der Waals surface area contributed by atoms with Gasteiger partial charge in [-0.15, -0.1) is 0 Å². The van der Waals surface area contributed by atoms with Crippen LogP contribution >= 0.6 is 0 Å². The Hall–Kier alpha value is -3.89. The number of aliphatic carboxylic acids is 1. The van der Waals surface area contributed by atoms with Crippen molar-refractivity contribution in [2.75, 3.05) is 5.32 Å². The van der Waals surface area contributed by atoms with Gasteiger partial charge in [-0.05, 0) is 32.8 Å².